The SMILES string of the molecule is CC(CN)(NC(=O)CCn1cnc2sccc2c1=O)C1CC1.Cl. The van der Waals surface area contributed by atoms with Gasteiger partial charge in [0.1, 0.15) is 4.83 Å². The fraction of sp³-hybridized carbons (Fsp3) is 0.533. The van der Waals surface area contributed by atoms with Gasteiger partial charge in [0.05, 0.1) is 17.3 Å². The number of aryl methyl sites for hydroxylation is 1. The van der Waals surface area contributed by atoms with Crippen LogP contribution >= 0.6 is 23.7 Å². The van der Waals surface area contributed by atoms with Crippen molar-refractivity contribution in [1.29, 1.82) is 0 Å². The summed E-state index contributed by atoms with van der Waals surface area (Å²) in [5.41, 5.74) is 5.38. The highest BCUT2D eigenvalue weighted by Crippen LogP contribution is 2.38. The lowest BCUT2D eigenvalue weighted by molar-refractivity contribution is -0.123. The maximum Gasteiger partial charge on any atom is 0.262 e. The molecule has 2 aromatic heterocycles. The molecule has 3 N–H and O–H groups in total. The molecule has 0 aromatic carbocycles. The lowest BCUT2D eigenvalue weighted by atomic mass is 9.96. The van der Waals surface area contributed by atoms with Crippen LogP contribution in [0.15, 0.2) is 22.6 Å². The van der Waals surface area contributed by atoms with Crippen molar-refractivity contribution in [3.63, 3.8) is 0 Å². The van der Waals surface area contributed by atoms with E-state index in [9.17, 15) is 9.59 Å². The molecule has 0 saturated heterocycles. The van der Waals surface area contributed by atoms with Crippen molar-refractivity contribution < 1.29 is 4.79 Å². The number of nitrogens with zero attached hydrogens (tertiary/aromatic N) is 2. The summed E-state index contributed by atoms with van der Waals surface area (Å²) in [4.78, 5) is 29.4. The molecule has 23 heavy (non-hydrogen) atoms. The van der Waals surface area contributed by atoms with Crippen molar-refractivity contribution in [1.82, 2.24) is 14.9 Å². The number of aromatic nitrogens is 2. The number of hydrogen-bond acceptors (Lipinski definition) is 5. The highest BCUT2D eigenvalue weighted by molar-refractivity contribution is 7.16. The Morgan fingerprint density at radius 1 is 1.57 bits per heavy atom. The summed E-state index contributed by atoms with van der Waals surface area (Å²) in [7, 11) is 0. The van der Waals surface area contributed by atoms with Crippen molar-refractivity contribution in [2.24, 2.45) is 11.7 Å². The van der Waals surface area contributed by atoms with Gasteiger partial charge in [-0.15, -0.1) is 23.7 Å². The van der Waals surface area contributed by atoms with Crippen molar-refractivity contribution in [3.05, 3.63) is 28.1 Å². The molecule has 1 amide bonds. The number of thiophene rings is 1. The van der Waals surface area contributed by atoms with Gasteiger partial charge in [-0.05, 0) is 37.1 Å². The van der Waals surface area contributed by atoms with Crippen LogP contribution in [0.5, 0.6) is 0 Å². The molecule has 8 heteroatoms. The van der Waals surface area contributed by atoms with Crippen molar-refractivity contribution >= 4 is 39.9 Å². The second-order valence-corrected chi connectivity index (χ2v) is 6.97. The third-order valence-corrected chi connectivity index (χ3v) is 5.18. The molecule has 1 aliphatic rings. The van der Waals surface area contributed by atoms with Gasteiger partial charge in [0.25, 0.3) is 5.56 Å². The van der Waals surface area contributed by atoms with Crippen molar-refractivity contribution in [2.75, 3.05) is 6.54 Å². The van der Waals surface area contributed by atoms with E-state index in [4.69, 9.17) is 5.73 Å². The minimum absolute atomic E-state index is 0. The molecule has 1 aliphatic carbocycles. The molecule has 1 saturated carbocycles. The molecule has 3 rings (SSSR count). The lowest BCUT2D eigenvalue weighted by Gasteiger charge is -2.29. The van der Waals surface area contributed by atoms with E-state index in [0.717, 1.165) is 17.7 Å². The van der Waals surface area contributed by atoms with E-state index in [1.54, 1.807) is 6.07 Å². The first-order valence-electron chi connectivity index (χ1n) is 7.47. The van der Waals surface area contributed by atoms with Gasteiger partial charge in [0.15, 0.2) is 0 Å². The van der Waals surface area contributed by atoms with Crippen LogP contribution in [0.25, 0.3) is 10.2 Å². The Balaban J connectivity index is 0.00000192. The van der Waals surface area contributed by atoms with E-state index >= 15 is 0 Å². The van der Waals surface area contributed by atoms with Crippen LogP contribution in [0.4, 0.5) is 0 Å². The Morgan fingerprint density at radius 3 is 2.96 bits per heavy atom. The molecule has 0 bridgehead atoms. The fourth-order valence-electron chi connectivity index (χ4n) is 2.70. The Kier molecular flexibility index (Phi) is 5.44. The Morgan fingerprint density at radius 2 is 2.30 bits per heavy atom. The van der Waals surface area contributed by atoms with Crippen LogP contribution in [-0.4, -0.2) is 27.5 Å². The number of rotatable bonds is 6. The Hall–Kier alpha value is -1.44. The zero-order valence-corrected chi connectivity index (χ0v) is 14.6. The lowest BCUT2D eigenvalue weighted by Crippen LogP contribution is -2.53. The van der Waals surface area contributed by atoms with Gasteiger partial charge in [0.2, 0.25) is 5.91 Å². The average Bonchev–Trinajstić information content (AvgIpc) is 3.25. The number of halogens is 1. The molecule has 0 spiro atoms. The first kappa shape index (κ1) is 17.9. The van der Waals surface area contributed by atoms with E-state index in [1.807, 2.05) is 12.3 Å². The zero-order valence-electron chi connectivity index (χ0n) is 12.9. The molecule has 126 valence electrons. The van der Waals surface area contributed by atoms with Gasteiger partial charge in [0, 0.05) is 19.5 Å². The minimum Gasteiger partial charge on any atom is -0.349 e. The van der Waals surface area contributed by atoms with Gasteiger partial charge in [-0.1, -0.05) is 0 Å². The normalized spacial score (nSPS) is 16.6. The summed E-state index contributed by atoms with van der Waals surface area (Å²) < 4.78 is 1.49. The van der Waals surface area contributed by atoms with Crippen LogP contribution in [0, 0.1) is 5.92 Å². The molecule has 1 atom stereocenters. The largest absolute Gasteiger partial charge is 0.349 e. The first-order valence-corrected chi connectivity index (χ1v) is 8.35. The number of nitrogens with two attached hydrogens (primary N) is 1. The molecule has 6 nitrogen and oxygen atoms in total. The van der Waals surface area contributed by atoms with Crippen LogP contribution in [0.3, 0.4) is 0 Å². The maximum atomic E-state index is 12.2. The molecule has 2 aromatic rings. The van der Waals surface area contributed by atoms with Gasteiger partial charge >= 0.3 is 0 Å². The maximum absolute atomic E-state index is 12.2. The number of hydrogen-bond donors (Lipinski definition) is 2. The molecule has 0 aliphatic heterocycles. The minimum atomic E-state index is -0.322. The Labute approximate surface area is 144 Å². The van der Waals surface area contributed by atoms with Crippen LogP contribution in [0.1, 0.15) is 26.2 Å². The molecule has 1 fully saturated rings. The topological polar surface area (TPSA) is 90.0 Å². The molecule has 2 heterocycles. The predicted octanol–water partition coefficient (Wildman–Crippen LogP) is 1.51. The second kappa shape index (κ2) is 6.98. The first-order chi connectivity index (χ1) is 10.5. The summed E-state index contributed by atoms with van der Waals surface area (Å²) in [5, 5.41) is 5.48. The van der Waals surface area contributed by atoms with E-state index < -0.39 is 0 Å². The number of carbonyl (C=O) groups is 1. The van der Waals surface area contributed by atoms with Gasteiger partial charge in [-0.2, -0.15) is 0 Å². The number of nitrogens with one attached hydrogen (secondary N) is 1. The second-order valence-electron chi connectivity index (χ2n) is 6.08. The summed E-state index contributed by atoms with van der Waals surface area (Å²) in [6.45, 7) is 2.76. The summed E-state index contributed by atoms with van der Waals surface area (Å²) in [5.74, 6) is 0.408. The summed E-state index contributed by atoms with van der Waals surface area (Å²) in [6, 6.07) is 1.77. The predicted molar refractivity (Wildman–Crippen MR) is 94.1 cm³/mol. The van der Waals surface area contributed by atoms with Crippen molar-refractivity contribution in [3.8, 4) is 0 Å². The highest BCUT2D eigenvalue weighted by atomic mass is 35.5. The third-order valence-electron chi connectivity index (χ3n) is 4.36. The zero-order chi connectivity index (χ0) is 15.7. The van der Waals surface area contributed by atoms with Crippen LogP contribution in [0.2, 0.25) is 0 Å². The van der Waals surface area contributed by atoms with Crippen molar-refractivity contribution in [2.45, 2.75) is 38.3 Å². The fourth-order valence-corrected chi connectivity index (χ4v) is 3.42. The molecule has 1 unspecified atom stereocenters. The molecular formula is C15H21ClN4O2S. The highest BCUT2D eigenvalue weighted by Gasteiger charge is 2.41. The standard InChI is InChI=1S/C15H20N4O2S.ClH/c1-15(8-16,10-2-3-10)18-12(20)4-6-19-9-17-13-11(14(19)21)5-7-22-13;/h5,7,9-10H,2-4,6,8,16H2,1H3,(H,18,20);1H. The number of fused-ring (bicyclic) bond motifs is 1. The quantitative estimate of drug-likeness (QED) is 0.821. The summed E-state index contributed by atoms with van der Waals surface area (Å²) in [6.07, 6.45) is 4.00. The van der Waals surface area contributed by atoms with E-state index in [1.165, 1.54) is 22.2 Å². The van der Waals surface area contributed by atoms with Crippen LogP contribution < -0.4 is 16.6 Å². The smallest absolute Gasteiger partial charge is 0.262 e. The van der Waals surface area contributed by atoms with Gasteiger partial charge < -0.3 is 11.1 Å². The number of carbonyl (C=O) groups excluding carboxylic acids is 1. The third kappa shape index (κ3) is 3.73. The van der Waals surface area contributed by atoms with Gasteiger partial charge in [-0.25, -0.2) is 4.98 Å². The van der Waals surface area contributed by atoms with E-state index in [0.29, 0.717) is 24.4 Å². The Bertz CT molecular complexity index is 755. The van der Waals surface area contributed by atoms with Crippen LogP contribution in [-0.2, 0) is 11.3 Å². The van der Waals surface area contributed by atoms with E-state index in [2.05, 4.69) is 10.3 Å². The van der Waals surface area contributed by atoms with E-state index in [-0.39, 0.29) is 35.8 Å². The monoisotopic (exact) mass is 356 g/mol. The summed E-state index contributed by atoms with van der Waals surface area (Å²) >= 11 is 1.44. The molecule has 0 radical (unpaired) electrons. The average molecular weight is 357 g/mol. The number of amides is 1. The molecular weight excluding hydrogens is 336 g/mol. The van der Waals surface area contributed by atoms with Gasteiger partial charge in [-0.3, -0.25) is 14.2 Å².